The van der Waals surface area contributed by atoms with Gasteiger partial charge in [-0.25, -0.2) is 0 Å². The molecule has 240 valence electrons. The fourth-order valence-electron chi connectivity index (χ4n) is 5.61. The molecule has 5 nitrogen and oxygen atoms in total. The van der Waals surface area contributed by atoms with Crippen LogP contribution in [0.1, 0.15) is 181 Å². The van der Waals surface area contributed by atoms with Gasteiger partial charge in [-0.1, -0.05) is 162 Å². The monoisotopic (exact) mass is 571 g/mol. The molecule has 0 heterocycles. The normalized spacial score (nSPS) is 13.9. The fraction of sp³-hybridized carbons (Fsp3) is 0.971. The van der Waals surface area contributed by atoms with Crippen LogP contribution < -0.4 is 0 Å². The second-order valence-corrected chi connectivity index (χ2v) is 12.7. The topological polar surface area (TPSA) is 87.0 Å². The molecule has 0 saturated carbocycles. The van der Waals surface area contributed by atoms with Crippen LogP contribution in [0.4, 0.5) is 0 Å². The van der Waals surface area contributed by atoms with Gasteiger partial charge in [-0.3, -0.25) is 4.79 Å². The highest BCUT2D eigenvalue weighted by Gasteiger charge is 2.11. The van der Waals surface area contributed by atoms with Crippen LogP contribution in [0, 0.1) is 11.8 Å². The number of aliphatic hydroxyl groups is 2. The summed E-state index contributed by atoms with van der Waals surface area (Å²) in [6.45, 7) is 5.67. The molecule has 0 rings (SSSR count). The van der Waals surface area contributed by atoms with Gasteiger partial charge in [-0.05, 0) is 24.7 Å². The van der Waals surface area contributed by atoms with E-state index >= 15 is 0 Å². The van der Waals surface area contributed by atoms with Gasteiger partial charge in [0.05, 0.1) is 13.2 Å². The molecule has 0 aliphatic carbocycles. The number of aliphatic hydroxyl groups excluding tert-OH is 2. The molecular weight excluding hydrogens is 500 g/mol. The van der Waals surface area contributed by atoms with Gasteiger partial charge in [0.15, 0.2) is 0 Å². The molecule has 0 radical (unpaired) electrons. The lowest BCUT2D eigenvalue weighted by atomic mass is 9.86. The number of hydrogen-bond donors (Lipinski definition) is 3. The summed E-state index contributed by atoms with van der Waals surface area (Å²) in [6.07, 6.45) is 32.5. The molecule has 3 N–H and O–H groups in total. The molecule has 0 aliphatic rings. The Kier molecular flexibility index (Phi) is 30.8. The Labute approximate surface area is 249 Å². The van der Waals surface area contributed by atoms with Gasteiger partial charge in [-0.15, -0.1) is 0 Å². The van der Waals surface area contributed by atoms with Crippen LogP contribution in [0.3, 0.4) is 0 Å². The maximum Gasteiger partial charge on any atom is 0.303 e. The van der Waals surface area contributed by atoms with Gasteiger partial charge >= 0.3 is 5.97 Å². The molecule has 5 heteroatoms. The van der Waals surface area contributed by atoms with Crippen molar-refractivity contribution >= 4 is 5.97 Å². The molecule has 0 aromatic rings. The summed E-state index contributed by atoms with van der Waals surface area (Å²) < 4.78 is 5.34. The quantitative estimate of drug-likeness (QED) is 0.0683. The fourth-order valence-corrected chi connectivity index (χ4v) is 5.61. The maximum atomic E-state index is 10.5. The third kappa shape index (κ3) is 30.3. The summed E-state index contributed by atoms with van der Waals surface area (Å²) >= 11 is 0. The first-order valence-corrected chi connectivity index (χ1v) is 17.6. The van der Waals surface area contributed by atoms with Crippen molar-refractivity contribution in [1.82, 2.24) is 0 Å². The van der Waals surface area contributed by atoms with E-state index in [4.69, 9.17) is 14.9 Å². The van der Waals surface area contributed by atoms with Crippen LogP contribution in [0.25, 0.3) is 0 Å². The van der Waals surface area contributed by atoms with Gasteiger partial charge in [0.25, 0.3) is 0 Å². The number of carboxylic acids is 1. The van der Waals surface area contributed by atoms with Crippen molar-refractivity contribution in [2.24, 2.45) is 11.8 Å². The highest BCUT2D eigenvalue weighted by atomic mass is 16.5. The molecule has 0 amide bonds. The first kappa shape index (κ1) is 39.4. The van der Waals surface area contributed by atoms with E-state index in [2.05, 4.69) is 13.8 Å². The van der Waals surface area contributed by atoms with Crippen molar-refractivity contribution < 1.29 is 24.9 Å². The minimum absolute atomic E-state index is 0.218. The van der Waals surface area contributed by atoms with E-state index in [0.29, 0.717) is 13.0 Å². The summed E-state index contributed by atoms with van der Waals surface area (Å²) in [5, 5.41) is 26.6. The standard InChI is InChI=1S/C35H70O5/c1-32(33(2)27-23-19-15-11-7-5-8-12-16-20-24-28-35(38)39)26-22-18-14-10-6-3-4-9-13-17-21-25-29-40-31-34(37)30-36/h32-34,36-37H,3-31H2,1-2H3,(H,38,39). The molecule has 0 aromatic heterocycles. The molecule has 0 fully saturated rings. The SMILES string of the molecule is CC(CCCCCCCCCCCCCCOCC(O)CO)C(C)CCCCCCCCCCCCCC(=O)O. The molecule has 3 unspecified atom stereocenters. The van der Waals surface area contributed by atoms with Crippen molar-refractivity contribution in [3.8, 4) is 0 Å². The first-order chi connectivity index (χ1) is 19.5. The highest BCUT2D eigenvalue weighted by molar-refractivity contribution is 5.66. The van der Waals surface area contributed by atoms with E-state index in [1.54, 1.807) is 0 Å². The number of ether oxygens (including phenoxy) is 1. The Morgan fingerprint density at radius 2 is 0.875 bits per heavy atom. The lowest BCUT2D eigenvalue weighted by Gasteiger charge is -2.19. The predicted molar refractivity (Wildman–Crippen MR) is 170 cm³/mol. The number of aliphatic carboxylic acids is 1. The largest absolute Gasteiger partial charge is 0.481 e. The van der Waals surface area contributed by atoms with Gasteiger partial charge in [0, 0.05) is 13.0 Å². The zero-order chi connectivity index (χ0) is 29.5. The third-order valence-electron chi connectivity index (χ3n) is 8.74. The molecule has 0 spiro atoms. The number of rotatable bonds is 33. The van der Waals surface area contributed by atoms with Crippen molar-refractivity contribution in [3.63, 3.8) is 0 Å². The van der Waals surface area contributed by atoms with E-state index in [0.717, 1.165) is 31.1 Å². The lowest BCUT2D eigenvalue weighted by Crippen LogP contribution is -2.19. The predicted octanol–water partition coefficient (Wildman–Crippen LogP) is 9.86. The van der Waals surface area contributed by atoms with E-state index in [-0.39, 0.29) is 13.2 Å². The number of carboxylic acid groups (broad SMARTS) is 1. The molecular formula is C35H70O5. The average molecular weight is 571 g/mol. The van der Waals surface area contributed by atoms with Crippen molar-refractivity contribution in [2.45, 2.75) is 187 Å². The van der Waals surface area contributed by atoms with Crippen molar-refractivity contribution in [2.75, 3.05) is 19.8 Å². The maximum absolute atomic E-state index is 10.5. The van der Waals surface area contributed by atoms with Crippen LogP contribution in [-0.4, -0.2) is 47.2 Å². The van der Waals surface area contributed by atoms with Gasteiger partial charge in [0.2, 0.25) is 0 Å². The van der Waals surface area contributed by atoms with Crippen LogP contribution >= 0.6 is 0 Å². The molecule has 0 saturated heterocycles. The molecule has 0 bridgehead atoms. The Hall–Kier alpha value is -0.650. The van der Waals surface area contributed by atoms with E-state index in [1.165, 1.54) is 141 Å². The molecule has 0 aliphatic heterocycles. The summed E-state index contributed by atoms with van der Waals surface area (Å²) in [7, 11) is 0. The summed E-state index contributed by atoms with van der Waals surface area (Å²) in [4.78, 5) is 10.5. The van der Waals surface area contributed by atoms with Crippen LogP contribution in [0.15, 0.2) is 0 Å². The smallest absolute Gasteiger partial charge is 0.303 e. The summed E-state index contributed by atoms with van der Waals surface area (Å²) in [6, 6.07) is 0. The van der Waals surface area contributed by atoms with E-state index in [9.17, 15) is 9.90 Å². The van der Waals surface area contributed by atoms with E-state index < -0.39 is 12.1 Å². The zero-order valence-corrected chi connectivity index (χ0v) is 26.9. The number of hydrogen-bond acceptors (Lipinski definition) is 4. The summed E-state index contributed by atoms with van der Waals surface area (Å²) in [5.41, 5.74) is 0. The average Bonchev–Trinajstić information content (AvgIpc) is 2.94. The Bertz CT molecular complexity index is 512. The van der Waals surface area contributed by atoms with Gasteiger partial charge in [-0.2, -0.15) is 0 Å². The second-order valence-electron chi connectivity index (χ2n) is 12.7. The van der Waals surface area contributed by atoms with Gasteiger partial charge in [0.1, 0.15) is 6.10 Å². The minimum atomic E-state index is -0.730. The zero-order valence-electron chi connectivity index (χ0n) is 26.9. The highest BCUT2D eigenvalue weighted by Crippen LogP contribution is 2.24. The second kappa shape index (κ2) is 31.3. The third-order valence-corrected chi connectivity index (χ3v) is 8.74. The Balaban J connectivity index is 3.29. The number of unbranched alkanes of at least 4 members (excludes halogenated alkanes) is 21. The molecule has 0 aromatic carbocycles. The Morgan fingerprint density at radius 1 is 0.550 bits per heavy atom. The van der Waals surface area contributed by atoms with Crippen LogP contribution in [0.2, 0.25) is 0 Å². The van der Waals surface area contributed by atoms with Crippen LogP contribution in [0.5, 0.6) is 0 Å². The first-order valence-electron chi connectivity index (χ1n) is 17.6. The number of carbonyl (C=O) groups is 1. The van der Waals surface area contributed by atoms with Crippen molar-refractivity contribution in [3.05, 3.63) is 0 Å². The lowest BCUT2D eigenvalue weighted by molar-refractivity contribution is -0.137. The molecule has 3 atom stereocenters. The van der Waals surface area contributed by atoms with E-state index in [1.807, 2.05) is 0 Å². The minimum Gasteiger partial charge on any atom is -0.481 e. The Morgan fingerprint density at radius 3 is 1.23 bits per heavy atom. The van der Waals surface area contributed by atoms with Crippen LogP contribution in [-0.2, 0) is 9.53 Å². The van der Waals surface area contributed by atoms with Gasteiger partial charge < -0.3 is 20.1 Å². The summed E-state index contributed by atoms with van der Waals surface area (Å²) in [5.74, 6) is 1.08. The molecule has 40 heavy (non-hydrogen) atoms. The van der Waals surface area contributed by atoms with Crippen molar-refractivity contribution in [1.29, 1.82) is 0 Å².